The van der Waals surface area contributed by atoms with Gasteiger partial charge in [-0.1, -0.05) is 6.92 Å². The topological polar surface area (TPSA) is 79.4 Å². The van der Waals surface area contributed by atoms with Gasteiger partial charge in [-0.25, -0.2) is 13.4 Å². The van der Waals surface area contributed by atoms with Crippen LogP contribution in [0.1, 0.15) is 36.5 Å². The van der Waals surface area contributed by atoms with Crippen molar-refractivity contribution in [3.63, 3.8) is 0 Å². The first kappa shape index (κ1) is 20.6. The highest BCUT2D eigenvalue weighted by atomic mass is 32.2. The van der Waals surface area contributed by atoms with E-state index in [9.17, 15) is 26.4 Å². The number of aromatic nitrogens is 1. The molecule has 1 aromatic heterocycles. The molecule has 1 fully saturated rings. The zero-order chi connectivity index (χ0) is 19.4. The predicted octanol–water partition coefficient (Wildman–Crippen LogP) is 2.23. The first-order valence-corrected chi connectivity index (χ1v) is 9.88. The summed E-state index contributed by atoms with van der Waals surface area (Å²) in [5, 5.41) is 1.21. The normalized spacial score (nSPS) is 17.2. The maximum atomic E-state index is 12.7. The number of sulfone groups is 1. The van der Waals surface area contributed by atoms with Gasteiger partial charge >= 0.3 is 5.51 Å². The van der Waals surface area contributed by atoms with Gasteiger partial charge in [0.15, 0.2) is 5.03 Å². The van der Waals surface area contributed by atoms with E-state index >= 15 is 0 Å². The zero-order valence-electron chi connectivity index (χ0n) is 14.4. The SMILES string of the molecule is CC1CCN(CCCNC(=O)c2cccnc2S(=O)(=O)C(F)(F)F)CC1. The highest BCUT2D eigenvalue weighted by Crippen LogP contribution is 2.30. The maximum Gasteiger partial charge on any atom is 0.503 e. The summed E-state index contributed by atoms with van der Waals surface area (Å²) in [5.41, 5.74) is -6.11. The van der Waals surface area contributed by atoms with Crippen LogP contribution in [0.5, 0.6) is 0 Å². The first-order valence-electron chi connectivity index (χ1n) is 8.40. The molecule has 2 rings (SSSR count). The van der Waals surface area contributed by atoms with Crippen molar-refractivity contribution >= 4 is 15.7 Å². The molecule has 0 unspecified atom stereocenters. The third-order valence-electron chi connectivity index (χ3n) is 4.39. The van der Waals surface area contributed by atoms with E-state index in [2.05, 4.69) is 22.1 Å². The van der Waals surface area contributed by atoms with E-state index < -0.39 is 31.8 Å². The minimum atomic E-state index is -5.69. The Bertz CT molecular complexity index is 730. The number of amides is 1. The predicted molar refractivity (Wildman–Crippen MR) is 89.3 cm³/mol. The van der Waals surface area contributed by atoms with Crippen molar-refractivity contribution in [1.29, 1.82) is 0 Å². The number of nitrogens with one attached hydrogen (secondary N) is 1. The third-order valence-corrected chi connectivity index (χ3v) is 5.83. The number of likely N-dealkylation sites (tertiary alicyclic amines) is 1. The lowest BCUT2D eigenvalue weighted by molar-refractivity contribution is -0.0438. The second kappa shape index (κ2) is 8.34. The lowest BCUT2D eigenvalue weighted by Gasteiger charge is -2.30. The Morgan fingerprint density at radius 2 is 2.00 bits per heavy atom. The molecule has 0 aliphatic carbocycles. The number of carbonyl (C=O) groups is 1. The Kier molecular flexibility index (Phi) is 6.62. The molecule has 1 aliphatic rings. The van der Waals surface area contributed by atoms with Crippen molar-refractivity contribution in [2.24, 2.45) is 5.92 Å². The highest BCUT2D eigenvalue weighted by molar-refractivity contribution is 7.92. The van der Waals surface area contributed by atoms with Gasteiger partial charge in [0.25, 0.3) is 15.7 Å². The van der Waals surface area contributed by atoms with Crippen LogP contribution in [0.15, 0.2) is 23.4 Å². The number of hydrogen-bond donors (Lipinski definition) is 1. The molecule has 0 radical (unpaired) electrons. The molecule has 1 amide bonds. The van der Waals surface area contributed by atoms with Crippen molar-refractivity contribution in [2.75, 3.05) is 26.2 Å². The number of pyridine rings is 1. The molecule has 2 heterocycles. The van der Waals surface area contributed by atoms with Gasteiger partial charge < -0.3 is 10.2 Å². The Hall–Kier alpha value is -1.68. The summed E-state index contributed by atoms with van der Waals surface area (Å²) in [6, 6.07) is 2.24. The smallest absolute Gasteiger partial charge is 0.352 e. The number of rotatable bonds is 6. The molecule has 0 saturated carbocycles. The summed E-state index contributed by atoms with van der Waals surface area (Å²) in [6.45, 7) is 5.20. The molecule has 0 atom stereocenters. The summed E-state index contributed by atoms with van der Waals surface area (Å²) < 4.78 is 61.3. The quantitative estimate of drug-likeness (QED) is 0.750. The maximum absolute atomic E-state index is 12.7. The van der Waals surface area contributed by atoms with Crippen LogP contribution in [0.4, 0.5) is 13.2 Å². The third kappa shape index (κ3) is 4.94. The Labute approximate surface area is 150 Å². The number of nitrogens with zero attached hydrogens (tertiary/aromatic N) is 2. The van der Waals surface area contributed by atoms with E-state index in [4.69, 9.17) is 0 Å². The van der Waals surface area contributed by atoms with E-state index in [0.29, 0.717) is 12.3 Å². The molecule has 1 aromatic rings. The second-order valence-electron chi connectivity index (χ2n) is 6.44. The van der Waals surface area contributed by atoms with Crippen molar-refractivity contribution in [1.82, 2.24) is 15.2 Å². The fraction of sp³-hybridized carbons (Fsp3) is 0.625. The van der Waals surface area contributed by atoms with Crippen LogP contribution in [0.25, 0.3) is 0 Å². The average Bonchev–Trinajstić information content (AvgIpc) is 2.59. The van der Waals surface area contributed by atoms with Gasteiger partial charge in [0, 0.05) is 12.7 Å². The Balaban J connectivity index is 1.94. The monoisotopic (exact) mass is 393 g/mol. The molecule has 10 heteroatoms. The molecule has 0 aromatic carbocycles. The average molecular weight is 393 g/mol. The number of piperidine rings is 1. The summed E-state index contributed by atoms with van der Waals surface area (Å²) in [5.74, 6) is -0.168. The van der Waals surface area contributed by atoms with Crippen molar-refractivity contribution in [3.8, 4) is 0 Å². The van der Waals surface area contributed by atoms with Crippen LogP contribution in [0, 0.1) is 5.92 Å². The first-order chi connectivity index (χ1) is 12.1. The van der Waals surface area contributed by atoms with Crippen LogP contribution in [-0.2, 0) is 9.84 Å². The van der Waals surface area contributed by atoms with E-state index in [-0.39, 0.29) is 6.54 Å². The van der Waals surface area contributed by atoms with Crippen molar-refractivity contribution in [3.05, 3.63) is 23.9 Å². The van der Waals surface area contributed by atoms with E-state index in [1.807, 2.05) is 0 Å². The van der Waals surface area contributed by atoms with E-state index in [0.717, 1.165) is 44.7 Å². The summed E-state index contributed by atoms with van der Waals surface area (Å²) in [4.78, 5) is 17.7. The van der Waals surface area contributed by atoms with Gasteiger partial charge in [-0.15, -0.1) is 0 Å². The molecule has 26 heavy (non-hydrogen) atoms. The van der Waals surface area contributed by atoms with E-state index in [1.165, 1.54) is 6.07 Å². The summed E-state index contributed by atoms with van der Waals surface area (Å²) in [6.07, 6.45) is 3.79. The van der Waals surface area contributed by atoms with Crippen molar-refractivity contribution in [2.45, 2.75) is 36.7 Å². The molecule has 1 saturated heterocycles. The number of hydrogen-bond acceptors (Lipinski definition) is 5. The van der Waals surface area contributed by atoms with Gasteiger partial charge in [0.05, 0.1) is 5.56 Å². The fourth-order valence-electron chi connectivity index (χ4n) is 2.77. The van der Waals surface area contributed by atoms with Crippen LogP contribution in [0.3, 0.4) is 0 Å². The molecule has 0 bridgehead atoms. The lowest BCUT2D eigenvalue weighted by atomic mass is 9.99. The standard InChI is InChI=1S/C16H22F3N3O3S/c1-12-5-10-22(11-6-12)9-3-8-20-14(23)13-4-2-7-21-15(13)26(24,25)16(17,18)19/h2,4,7,12H,3,5-6,8-11H2,1H3,(H,20,23). The minimum Gasteiger partial charge on any atom is -0.352 e. The van der Waals surface area contributed by atoms with Gasteiger partial charge in [-0.2, -0.15) is 13.2 Å². The molecular formula is C16H22F3N3O3S. The van der Waals surface area contributed by atoms with Gasteiger partial charge in [-0.05, 0) is 56.9 Å². The van der Waals surface area contributed by atoms with Crippen LogP contribution in [0.2, 0.25) is 0 Å². The Morgan fingerprint density at radius 1 is 1.35 bits per heavy atom. The molecule has 1 N–H and O–H groups in total. The number of alkyl halides is 3. The fourth-order valence-corrected chi connectivity index (χ4v) is 3.64. The van der Waals surface area contributed by atoms with Crippen LogP contribution < -0.4 is 5.32 Å². The Morgan fingerprint density at radius 3 is 2.62 bits per heavy atom. The molecule has 146 valence electrons. The zero-order valence-corrected chi connectivity index (χ0v) is 15.2. The summed E-state index contributed by atoms with van der Waals surface area (Å²) in [7, 11) is -5.69. The second-order valence-corrected chi connectivity index (χ2v) is 8.30. The summed E-state index contributed by atoms with van der Waals surface area (Å²) >= 11 is 0. The molecular weight excluding hydrogens is 371 g/mol. The van der Waals surface area contributed by atoms with Gasteiger partial charge in [0.1, 0.15) is 0 Å². The van der Waals surface area contributed by atoms with E-state index in [1.54, 1.807) is 0 Å². The van der Waals surface area contributed by atoms with Crippen LogP contribution >= 0.6 is 0 Å². The highest BCUT2D eigenvalue weighted by Gasteiger charge is 2.49. The lowest BCUT2D eigenvalue weighted by Crippen LogP contribution is -2.36. The van der Waals surface area contributed by atoms with Crippen molar-refractivity contribution < 1.29 is 26.4 Å². The number of halogens is 3. The molecule has 1 aliphatic heterocycles. The molecule has 0 spiro atoms. The number of carbonyl (C=O) groups excluding carboxylic acids is 1. The van der Waals surface area contributed by atoms with Crippen LogP contribution in [-0.4, -0.2) is 55.9 Å². The molecule has 6 nitrogen and oxygen atoms in total. The van der Waals surface area contributed by atoms with Gasteiger partial charge in [-0.3, -0.25) is 4.79 Å². The minimum absolute atomic E-state index is 0.241. The largest absolute Gasteiger partial charge is 0.503 e. The van der Waals surface area contributed by atoms with Gasteiger partial charge in [0.2, 0.25) is 0 Å².